The van der Waals surface area contributed by atoms with E-state index in [-0.39, 0.29) is 6.04 Å². The fourth-order valence-electron chi connectivity index (χ4n) is 3.21. The molecule has 2 aliphatic rings. The minimum absolute atomic E-state index is 0.0642. The summed E-state index contributed by atoms with van der Waals surface area (Å²) in [5, 5.41) is 3.01. The summed E-state index contributed by atoms with van der Waals surface area (Å²) in [6.45, 7) is 1.92. The Labute approximate surface area is 126 Å². The lowest BCUT2D eigenvalue weighted by Gasteiger charge is -2.28. The van der Waals surface area contributed by atoms with Crippen molar-refractivity contribution in [2.75, 3.05) is 32.0 Å². The number of aromatic nitrogens is 1. The average molecular weight is 310 g/mol. The zero-order valence-corrected chi connectivity index (χ0v) is 13.1. The average Bonchev–Trinajstić information content (AvgIpc) is 3.18. The molecule has 3 rings (SSSR count). The van der Waals surface area contributed by atoms with Crippen LogP contribution in [-0.2, 0) is 10.2 Å². The van der Waals surface area contributed by atoms with Crippen LogP contribution in [0.4, 0.5) is 5.82 Å². The molecule has 6 nitrogen and oxygen atoms in total. The van der Waals surface area contributed by atoms with E-state index in [1.165, 1.54) is 0 Å². The van der Waals surface area contributed by atoms with E-state index >= 15 is 0 Å². The minimum Gasteiger partial charge on any atom is -0.373 e. The fourth-order valence-corrected chi connectivity index (χ4v) is 5.13. The second-order valence-electron chi connectivity index (χ2n) is 5.61. The summed E-state index contributed by atoms with van der Waals surface area (Å²) in [5.41, 5.74) is 1.02. The Morgan fingerprint density at radius 3 is 2.71 bits per heavy atom. The van der Waals surface area contributed by atoms with Gasteiger partial charge in [0.1, 0.15) is 5.82 Å². The Morgan fingerprint density at radius 1 is 1.24 bits per heavy atom. The number of nitrogens with one attached hydrogen (secondary N) is 1. The standard InChI is InChI=1S/C14H22N4O2S/c1-15-14-11-12(6-7-16-14)13-5-4-10-18(13)21(19,20)17-8-2-3-9-17/h6-7,11,13H,2-5,8-10H2,1H3,(H,15,16)/t13-/m0/s1. The van der Waals surface area contributed by atoms with Crippen molar-refractivity contribution < 1.29 is 8.42 Å². The molecule has 2 saturated heterocycles. The maximum Gasteiger partial charge on any atom is 0.282 e. The van der Waals surface area contributed by atoms with Gasteiger partial charge in [0.05, 0.1) is 6.04 Å². The van der Waals surface area contributed by atoms with E-state index in [1.54, 1.807) is 14.8 Å². The number of anilines is 1. The zero-order chi connectivity index (χ0) is 14.9. The number of nitrogens with zero attached hydrogens (tertiary/aromatic N) is 3. The molecule has 0 spiro atoms. The number of rotatable bonds is 4. The number of pyridine rings is 1. The molecule has 0 amide bonds. The molecule has 1 atom stereocenters. The van der Waals surface area contributed by atoms with Crippen LogP contribution in [0, 0.1) is 0 Å². The van der Waals surface area contributed by atoms with E-state index in [0.717, 1.165) is 37.1 Å². The van der Waals surface area contributed by atoms with Crippen LogP contribution in [0.5, 0.6) is 0 Å². The van der Waals surface area contributed by atoms with Gasteiger partial charge in [0, 0.05) is 32.9 Å². The topological polar surface area (TPSA) is 65.5 Å². The highest BCUT2D eigenvalue weighted by Crippen LogP contribution is 2.36. The Bertz CT molecular complexity index is 599. The van der Waals surface area contributed by atoms with Gasteiger partial charge in [-0.1, -0.05) is 0 Å². The minimum atomic E-state index is -3.33. The molecule has 1 aromatic heterocycles. The molecule has 0 aromatic carbocycles. The Morgan fingerprint density at radius 2 is 2.00 bits per heavy atom. The van der Waals surface area contributed by atoms with E-state index < -0.39 is 10.2 Å². The lowest BCUT2D eigenvalue weighted by Crippen LogP contribution is -2.42. The van der Waals surface area contributed by atoms with Crippen molar-refractivity contribution in [3.8, 4) is 0 Å². The van der Waals surface area contributed by atoms with Crippen LogP contribution in [0.1, 0.15) is 37.3 Å². The Kier molecular flexibility index (Phi) is 4.14. The quantitative estimate of drug-likeness (QED) is 0.917. The van der Waals surface area contributed by atoms with Gasteiger partial charge in [0.15, 0.2) is 0 Å². The lowest BCUT2D eigenvalue weighted by molar-refractivity contribution is 0.349. The lowest BCUT2D eigenvalue weighted by atomic mass is 10.1. The van der Waals surface area contributed by atoms with Gasteiger partial charge < -0.3 is 5.32 Å². The summed E-state index contributed by atoms with van der Waals surface area (Å²) >= 11 is 0. The van der Waals surface area contributed by atoms with Crippen molar-refractivity contribution in [2.24, 2.45) is 0 Å². The van der Waals surface area contributed by atoms with E-state index in [4.69, 9.17) is 0 Å². The van der Waals surface area contributed by atoms with E-state index in [2.05, 4.69) is 10.3 Å². The van der Waals surface area contributed by atoms with Crippen molar-refractivity contribution >= 4 is 16.0 Å². The Balaban J connectivity index is 1.88. The van der Waals surface area contributed by atoms with E-state index in [1.807, 2.05) is 19.2 Å². The van der Waals surface area contributed by atoms with Gasteiger partial charge in [0.25, 0.3) is 10.2 Å². The largest absolute Gasteiger partial charge is 0.373 e. The van der Waals surface area contributed by atoms with Gasteiger partial charge in [0.2, 0.25) is 0 Å². The molecule has 0 saturated carbocycles. The molecule has 0 radical (unpaired) electrons. The first kappa shape index (κ1) is 14.7. The van der Waals surface area contributed by atoms with Crippen molar-refractivity contribution in [3.05, 3.63) is 23.9 Å². The third-order valence-electron chi connectivity index (χ3n) is 4.32. The first-order chi connectivity index (χ1) is 10.1. The van der Waals surface area contributed by atoms with Crippen molar-refractivity contribution in [3.63, 3.8) is 0 Å². The Hall–Kier alpha value is -1.18. The molecule has 2 fully saturated rings. The van der Waals surface area contributed by atoms with E-state index in [0.29, 0.717) is 19.6 Å². The fraction of sp³-hybridized carbons (Fsp3) is 0.643. The third kappa shape index (κ3) is 2.77. The first-order valence-corrected chi connectivity index (χ1v) is 8.93. The monoisotopic (exact) mass is 310 g/mol. The molecule has 1 aromatic rings. The summed E-state index contributed by atoms with van der Waals surface area (Å²) in [7, 11) is -1.51. The summed E-state index contributed by atoms with van der Waals surface area (Å²) < 4.78 is 28.9. The van der Waals surface area contributed by atoms with Gasteiger partial charge in [-0.15, -0.1) is 0 Å². The first-order valence-electron chi connectivity index (χ1n) is 7.53. The van der Waals surface area contributed by atoms with Gasteiger partial charge >= 0.3 is 0 Å². The molecule has 0 aliphatic carbocycles. The second-order valence-corrected chi connectivity index (χ2v) is 7.49. The smallest absolute Gasteiger partial charge is 0.282 e. The molecule has 0 bridgehead atoms. The van der Waals surface area contributed by atoms with Gasteiger partial charge in [-0.2, -0.15) is 17.0 Å². The molecule has 3 heterocycles. The van der Waals surface area contributed by atoms with Gasteiger partial charge in [-0.3, -0.25) is 0 Å². The SMILES string of the molecule is CNc1cc([C@@H]2CCCN2S(=O)(=O)N2CCCC2)ccn1. The summed E-state index contributed by atoms with van der Waals surface area (Å²) in [4.78, 5) is 4.20. The van der Waals surface area contributed by atoms with Gasteiger partial charge in [-0.25, -0.2) is 4.98 Å². The van der Waals surface area contributed by atoms with Crippen LogP contribution in [-0.4, -0.2) is 48.7 Å². The molecule has 116 valence electrons. The second kappa shape index (κ2) is 5.90. The molecular weight excluding hydrogens is 288 g/mol. The van der Waals surface area contributed by atoms with Crippen LogP contribution in [0.3, 0.4) is 0 Å². The van der Waals surface area contributed by atoms with Crippen LogP contribution >= 0.6 is 0 Å². The summed E-state index contributed by atoms with van der Waals surface area (Å²) in [5.74, 6) is 0.776. The van der Waals surface area contributed by atoms with Crippen LogP contribution in [0.25, 0.3) is 0 Å². The highest BCUT2D eigenvalue weighted by molar-refractivity contribution is 7.86. The number of hydrogen-bond donors (Lipinski definition) is 1. The van der Waals surface area contributed by atoms with Crippen LogP contribution < -0.4 is 5.32 Å². The molecule has 7 heteroatoms. The van der Waals surface area contributed by atoms with Crippen LogP contribution in [0.15, 0.2) is 18.3 Å². The molecule has 1 N–H and O–H groups in total. The maximum atomic E-state index is 12.8. The van der Waals surface area contributed by atoms with Crippen molar-refractivity contribution in [1.82, 2.24) is 13.6 Å². The molecule has 0 unspecified atom stereocenters. The maximum absolute atomic E-state index is 12.8. The summed E-state index contributed by atoms with van der Waals surface area (Å²) in [6, 6.07) is 3.80. The predicted octanol–water partition coefficient (Wildman–Crippen LogP) is 1.60. The third-order valence-corrected chi connectivity index (χ3v) is 6.36. The van der Waals surface area contributed by atoms with E-state index in [9.17, 15) is 8.42 Å². The van der Waals surface area contributed by atoms with Crippen molar-refractivity contribution in [1.29, 1.82) is 0 Å². The molecular formula is C14H22N4O2S. The molecule has 21 heavy (non-hydrogen) atoms. The highest BCUT2D eigenvalue weighted by atomic mass is 32.2. The predicted molar refractivity (Wildman–Crippen MR) is 82.2 cm³/mol. The zero-order valence-electron chi connectivity index (χ0n) is 12.3. The summed E-state index contributed by atoms with van der Waals surface area (Å²) in [6.07, 6.45) is 5.46. The normalized spacial score (nSPS) is 24.5. The molecule has 2 aliphatic heterocycles. The van der Waals surface area contributed by atoms with Crippen molar-refractivity contribution in [2.45, 2.75) is 31.7 Å². The van der Waals surface area contributed by atoms with Crippen LogP contribution in [0.2, 0.25) is 0 Å². The highest BCUT2D eigenvalue weighted by Gasteiger charge is 2.39. The van der Waals surface area contributed by atoms with Gasteiger partial charge in [-0.05, 0) is 43.4 Å². The number of hydrogen-bond acceptors (Lipinski definition) is 4.